The molecule has 0 aliphatic rings. The van der Waals surface area contributed by atoms with Crippen LogP contribution < -0.4 is 5.56 Å². The van der Waals surface area contributed by atoms with Gasteiger partial charge in [-0.2, -0.15) is 0 Å². The predicted molar refractivity (Wildman–Crippen MR) is 58.5 cm³/mol. The summed E-state index contributed by atoms with van der Waals surface area (Å²) in [6.45, 7) is 1.63. The molecular formula is C12H11NO3. The smallest absolute Gasteiger partial charge is 0.290 e. The van der Waals surface area contributed by atoms with Crippen molar-refractivity contribution in [1.29, 1.82) is 0 Å². The summed E-state index contributed by atoms with van der Waals surface area (Å²) in [6, 6.07) is 10.5. The third kappa shape index (κ3) is 2.11. The average molecular weight is 217 g/mol. The second-order valence-corrected chi connectivity index (χ2v) is 3.54. The lowest BCUT2D eigenvalue weighted by Crippen LogP contribution is -2.23. The van der Waals surface area contributed by atoms with Gasteiger partial charge in [-0.25, -0.2) is 0 Å². The van der Waals surface area contributed by atoms with Crippen molar-refractivity contribution in [1.82, 2.24) is 4.74 Å². The van der Waals surface area contributed by atoms with Crippen molar-refractivity contribution in [2.75, 3.05) is 0 Å². The van der Waals surface area contributed by atoms with Gasteiger partial charge in [0.05, 0.1) is 6.42 Å². The van der Waals surface area contributed by atoms with Crippen LogP contribution in [0.15, 0.2) is 45.7 Å². The highest BCUT2D eigenvalue weighted by molar-refractivity contribution is 5.79. The summed E-state index contributed by atoms with van der Waals surface area (Å²) in [7, 11) is 0. The third-order valence-electron chi connectivity index (χ3n) is 2.19. The van der Waals surface area contributed by atoms with Crippen LogP contribution in [-0.4, -0.2) is 10.6 Å². The van der Waals surface area contributed by atoms with Gasteiger partial charge in [-0.1, -0.05) is 30.3 Å². The number of nitrogens with zero attached hydrogens (tertiary/aromatic N) is 1. The number of carbonyl (C=O) groups excluding carboxylic acids is 1. The van der Waals surface area contributed by atoms with Gasteiger partial charge in [0, 0.05) is 6.07 Å². The molecule has 0 bridgehead atoms. The normalized spacial score (nSPS) is 10.3. The number of rotatable bonds is 2. The van der Waals surface area contributed by atoms with E-state index in [0.717, 1.165) is 10.3 Å². The maximum Gasteiger partial charge on any atom is 0.290 e. The number of carbonyl (C=O) groups is 1. The van der Waals surface area contributed by atoms with Crippen LogP contribution in [0.25, 0.3) is 0 Å². The van der Waals surface area contributed by atoms with E-state index in [9.17, 15) is 9.59 Å². The van der Waals surface area contributed by atoms with Crippen molar-refractivity contribution in [2.24, 2.45) is 0 Å². The van der Waals surface area contributed by atoms with Crippen LogP contribution in [0.3, 0.4) is 0 Å². The quantitative estimate of drug-likeness (QED) is 0.768. The van der Waals surface area contributed by atoms with Gasteiger partial charge in [0.25, 0.3) is 11.5 Å². The van der Waals surface area contributed by atoms with Gasteiger partial charge in [0.15, 0.2) is 0 Å². The molecule has 2 aromatic rings. The van der Waals surface area contributed by atoms with E-state index in [1.807, 2.05) is 30.3 Å². The zero-order chi connectivity index (χ0) is 11.5. The molecular weight excluding hydrogens is 206 g/mol. The fraction of sp³-hybridized carbons (Fsp3) is 0.167. The Bertz CT molecular complexity index is 551. The van der Waals surface area contributed by atoms with Gasteiger partial charge in [0.1, 0.15) is 5.76 Å². The molecule has 0 radical (unpaired) electrons. The molecule has 0 aliphatic carbocycles. The summed E-state index contributed by atoms with van der Waals surface area (Å²) < 4.78 is 5.80. The first-order valence-corrected chi connectivity index (χ1v) is 4.94. The standard InChI is InChI=1S/C12H11NO3/c1-9-7-11(14)13(16-9)12(15)8-10-5-3-2-4-6-10/h2-7H,8H2,1H3. The molecule has 4 nitrogen and oxygen atoms in total. The van der Waals surface area contributed by atoms with Gasteiger partial charge in [0.2, 0.25) is 0 Å². The minimum atomic E-state index is -0.418. The molecule has 0 amide bonds. The zero-order valence-electron chi connectivity index (χ0n) is 8.84. The van der Waals surface area contributed by atoms with E-state index < -0.39 is 5.56 Å². The largest absolute Gasteiger partial charge is 0.373 e. The van der Waals surface area contributed by atoms with E-state index in [0.29, 0.717) is 5.76 Å². The minimum Gasteiger partial charge on any atom is -0.373 e. The molecule has 0 saturated carbocycles. The lowest BCUT2D eigenvalue weighted by atomic mass is 10.1. The first-order chi connectivity index (χ1) is 7.66. The van der Waals surface area contributed by atoms with Crippen LogP contribution in [0, 0.1) is 6.92 Å². The topological polar surface area (TPSA) is 52.2 Å². The number of hydrogen-bond donors (Lipinski definition) is 0. The molecule has 0 fully saturated rings. The Hall–Kier alpha value is -2.10. The number of hydrogen-bond acceptors (Lipinski definition) is 3. The molecule has 0 unspecified atom stereocenters. The van der Waals surface area contributed by atoms with Crippen LogP contribution in [-0.2, 0) is 6.42 Å². The Labute approximate surface area is 92.1 Å². The molecule has 0 spiro atoms. The lowest BCUT2D eigenvalue weighted by Gasteiger charge is -1.99. The van der Waals surface area contributed by atoms with E-state index in [1.165, 1.54) is 6.07 Å². The van der Waals surface area contributed by atoms with Crippen LogP contribution in [0.4, 0.5) is 0 Å². The average Bonchev–Trinajstić information content (AvgIpc) is 2.59. The molecule has 4 heteroatoms. The van der Waals surface area contributed by atoms with Crippen LogP contribution in [0.5, 0.6) is 0 Å². The maximum absolute atomic E-state index is 11.7. The van der Waals surface area contributed by atoms with Crippen molar-refractivity contribution in [3.05, 3.63) is 58.1 Å². The Balaban J connectivity index is 2.21. The molecule has 1 heterocycles. The highest BCUT2D eigenvalue weighted by Gasteiger charge is 2.11. The number of benzene rings is 1. The van der Waals surface area contributed by atoms with Crippen molar-refractivity contribution >= 4 is 5.91 Å². The van der Waals surface area contributed by atoms with Gasteiger partial charge in [-0.15, -0.1) is 4.74 Å². The first-order valence-electron chi connectivity index (χ1n) is 4.94. The molecule has 2 rings (SSSR count). The fourth-order valence-corrected chi connectivity index (χ4v) is 1.46. The van der Waals surface area contributed by atoms with E-state index in [4.69, 9.17) is 4.52 Å². The summed E-state index contributed by atoms with van der Waals surface area (Å²) in [5.41, 5.74) is 0.437. The Morgan fingerprint density at radius 2 is 2.00 bits per heavy atom. The summed E-state index contributed by atoms with van der Waals surface area (Å²) in [5.74, 6) is 0.0794. The second-order valence-electron chi connectivity index (χ2n) is 3.54. The van der Waals surface area contributed by atoms with Gasteiger partial charge in [-0.3, -0.25) is 9.59 Å². The monoisotopic (exact) mass is 217 g/mol. The predicted octanol–water partition coefficient (Wildman–Crippen LogP) is 1.63. The molecule has 1 aromatic carbocycles. The van der Waals surface area contributed by atoms with Gasteiger partial charge < -0.3 is 4.52 Å². The van der Waals surface area contributed by atoms with Crippen molar-refractivity contribution in [3.63, 3.8) is 0 Å². The second kappa shape index (κ2) is 4.18. The zero-order valence-corrected chi connectivity index (χ0v) is 8.84. The molecule has 16 heavy (non-hydrogen) atoms. The minimum absolute atomic E-state index is 0.160. The molecule has 82 valence electrons. The summed E-state index contributed by atoms with van der Waals surface area (Å²) in [4.78, 5) is 23.0. The molecule has 0 atom stereocenters. The van der Waals surface area contributed by atoms with Crippen LogP contribution in [0.1, 0.15) is 16.1 Å². The fourth-order valence-electron chi connectivity index (χ4n) is 1.46. The van der Waals surface area contributed by atoms with Crippen LogP contribution in [0.2, 0.25) is 0 Å². The van der Waals surface area contributed by atoms with Crippen molar-refractivity contribution < 1.29 is 9.32 Å². The summed E-state index contributed by atoms with van der Waals surface area (Å²) >= 11 is 0. The highest BCUT2D eigenvalue weighted by atomic mass is 16.5. The molecule has 0 aliphatic heterocycles. The van der Waals surface area contributed by atoms with E-state index in [-0.39, 0.29) is 12.3 Å². The van der Waals surface area contributed by atoms with Gasteiger partial charge >= 0.3 is 0 Å². The molecule has 0 saturated heterocycles. The summed E-state index contributed by atoms with van der Waals surface area (Å²) in [6.07, 6.45) is 0.160. The Morgan fingerprint density at radius 3 is 2.56 bits per heavy atom. The van der Waals surface area contributed by atoms with Crippen molar-refractivity contribution in [3.8, 4) is 0 Å². The van der Waals surface area contributed by atoms with E-state index >= 15 is 0 Å². The van der Waals surface area contributed by atoms with Crippen LogP contribution >= 0.6 is 0 Å². The number of aryl methyl sites for hydroxylation is 1. The SMILES string of the molecule is Cc1cc(=O)n(C(=O)Cc2ccccc2)o1. The maximum atomic E-state index is 11.7. The summed E-state index contributed by atoms with van der Waals surface area (Å²) in [5, 5.41) is 0. The van der Waals surface area contributed by atoms with Gasteiger partial charge in [-0.05, 0) is 12.5 Å². The Kier molecular flexibility index (Phi) is 2.72. The van der Waals surface area contributed by atoms with Crippen molar-refractivity contribution in [2.45, 2.75) is 13.3 Å². The first kappa shape index (κ1) is 10.4. The highest BCUT2D eigenvalue weighted by Crippen LogP contribution is 2.02. The molecule has 0 N–H and O–H groups in total. The Morgan fingerprint density at radius 1 is 1.31 bits per heavy atom. The molecule has 1 aromatic heterocycles. The van der Waals surface area contributed by atoms with E-state index in [1.54, 1.807) is 6.92 Å². The lowest BCUT2D eigenvalue weighted by molar-refractivity contribution is 0.0783. The van der Waals surface area contributed by atoms with E-state index in [2.05, 4.69) is 0 Å². The number of aromatic nitrogens is 1. The third-order valence-corrected chi connectivity index (χ3v) is 2.19.